The van der Waals surface area contributed by atoms with Crippen LogP contribution in [0.5, 0.6) is 0 Å². The van der Waals surface area contributed by atoms with E-state index in [2.05, 4.69) is 0 Å². The van der Waals surface area contributed by atoms with Gasteiger partial charge in [-0.2, -0.15) is 0 Å². The van der Waals surface area contributed by atoms with Crippen LogP contribution in [0.2, 0.25) is 0 Å². The van der Waals surface area contributed by atoms with Crippen LogP contribution in [0.15, 0.2) is 30.3 Å². The summed E-state index contributed by atoms with van der Waals surface area (Å²) in [6.07, 6.45) is -2.36. The van der Waals surface area contributed by atoms with Crippen molar-refractivity contribution in [1.82, 2.24) is 5.32 Å². The molecule has 0 saturated heterocycles. The summed E-state index contributed by atoms with van der Waals surface area (Å²) in [7, 11) is 0. The number of hydrogen-bond donors (Lipinski definition) is 2. The second-order valence-corrected chi connectivity index (χ2v) is 3.84. The lowest BCUT2D eigenvalue weighted by Crippen LogP contribution is -2.38. The molecule has 0 spiro atoms. The fourth-order valence-corrected chi connectivity index (χ4v) is 1.26. The Balaban J connectivity index is 2.30. The summed E-state index contributed by atoms with van der Waals surface area (Å²) in [6, 6.07) is 8.71. The Morgan fingerprint density at radius 3 is 2.47 bits per heavy atom. The van der Waals surface area contributed by atoms with Crippen LogP contribution < -0.4 is 5.32 Å². The lowest BCUT2D eigenvalue weighted by molar-refractivity contribution is -0.144. The van der Waals surface area contributed by atoms with Gasteiger partial charge in [-0.15, -0.1) is 0 Å². The van der Waals surface area contributed by atoms with Crippen LogP contribution in [-0.4, -0.2) is 29.6 Å². The van der Waals surface area contributed by atoms with Gasteiger partial charge in [0.1, 0.15) is 13.0 Å². The number of alkyl halides is 2. The number of amides is 1. The molecule has 0 fully saturated rings. The van der Waals surface area contributed by atoms with Gasteiger partial charge in [-0.1, -0.05) is 30.3 Å². The van der Waals surface area contributed by atoms with Crippen molar-refractivity contribution in [3.63, 3.8) is 0 Å². The largest absolute Gasteiger partial charge is 0.481 e. The number of carbonyl (C=O) groups excluding carboxylic acids is 1. The van der Waals surface area contributed by atoms with Gasteiger partial charge in [0.15, 0.2) is 0 Å². The molecule has 0 atom stereocenters. The van der Waals surface area contributed by atoms with Gasteiger partial charge in [0.05, 0.1) is 6.54 Å². The highest BCUT2D eigenvalue weighted by Gasteiger charge is 2.32. The van der Waals surface area contributed by atoms with Gasteiger partial charge in [-0.05, 0) is 5.56 Å². The van der Waals surface area contributed by atoms with Crippen LogP contribution >= 0.6 is 0 Å². The SMILES string of the molecule is O=C(O)CC(F)(F)CNC(=O)OCc1ccccc1. The van der Waals surface area contributed by atoms with E-state index >= 15 is 0 Å². The topological polar surface area (TPSA) is 75.6 Å². The maximum absolute atomic E-state index is 12.9. The smallest absolute Gasteiger partial charge is 0.407 e. The molecule has 5 nitrogen and oxygen atoms in total. The number of halogens is 2. The fraction of sp³-hybridized carbons (Fsp3) is 0.333. The Hall–Kier alpha value is -2.18. The van der Waals surface area contributed by atoms with Crippen LogP contribution in [0.4, 0.5) is 13.6 Å². The minimum absolute atomic E-state index is 0.0445. The van der Waals surface area contributed by atoms with Crippen molar-refractivity contribution in [3.8, 4) is 0 Å². The Bertz CT molecular complexity index is 437. The number of carboxylic acids is 1. The van der Waals surface area contributed by atoms with Crippen LogP contribution in [-0.2, 0) is 16.1 Å². The second kappa shape index (κ2) is 6.67. The van der Waals surface area contributed by atoms with E-state index in [1.54, 1.807) is 30.3 Å². The Morgan fingerprint density at radius 2 is 1.89 bits per heavy atom. The predicted octanol–water partition coefficient (Wildman–Crippen LogP) is 2.02. The normalized spacial score (nSPS) is 10.8. The van der Waals surface area contributed by atoms with Gasteiger partial charge in [0, 0.05) is 0 Å². The molecule has 0 radical (unpaired) electrons. The monoisotopic (exact) mass is 273 g/mol. The number of hydrogen-bond acceptors (Lipinski definition) is 3. The molecular weight excluding hydrogens is 260 g/mol. The van der Waals surface area contributed by atoms with Crippen LogP contribution in [0.1, 0.15) is 12.0 Å². The van der Waals surface area contributed by atoms with Crippen molar-refractivity contribution < 1.29 is 28.2 Å². The molecule has 0 saturated carbocycles. The van der Waals surface area contributed by atoms with Crippen LogP contribution in [0, 0.1) is 0 Å². The van der Waals surface area contributed by atoms with E-state index in [1.807, 2.05) is 5.32 Å². The minimum atomic E-state index is -3.50. The molecule has 0 aliphatic rings. The highest BCUT2D eigenvalue weighted by Crippen LogP contribution is 2.16. The molecule has 0 bridgehead atoms. The summed E-state index contributed by atoms with van der Waals surface area (Å²) in [5.41, 5.74) is 0.718. The molecule has 0 aliphatic carbocycles. The predicted molar refractivity (Wildman–Crippen MR) is 61.8 cm³/mol. The Morgan fingerprint density at radius 1 is 1.26 bits per heavy atom. The third-order valence-corrected chi connectivity index (χ3v) is 2.11. The fourth-order valence-electron chi connectivity index (χ4n) is 1.26. The standard InChI is InChI=1S/C12H13F2NO4/c13-12(14,6-10(16)17)8-15-11(18)19-7-9-4-2-1-3-5-9/h1-5H,6-8H2,(H,15,18)(H,16,17). The van der Waals surface area contributed by atoms with Crippen LogP contribution in [0.3, 0.4) is 0 Å². The molecule has 1 rings (SSSR count). The Kier molecular flexibility index (Phi) is 5.23. The zero-order valence-corrected chi connectivity index (χ0v) is 9.94. The van der Waals surface area contributed by atoms with Crippen LogP contribution in [0.25, 0.3) is 0 Å². The van der Waals surface area contributed by atoms with E-state index in [-0.39, 0.29) is 6.61 Å². The lowest BCUT2D eigenvalue weighted by atomic mass is 10.2. The van der Waals surface area contributed by atoms with Gasteiger partial charge in [-0.25, -0.2) is 13.6 Å². The summed E-state index contributed by atoms with van der Waals surface area (Å²) in [5, 5.41) is 10.1. The number of benzene rings is 1. The van der Waals surface area contributed by atoms with Gasteiger partial charge in [0.25, 0.3) is 5.92 Å². The average Bonchev–Trinajstić information content (AvgIpc) is 2.34. The molecule has 0 heterocycles. The van der Waals surface area contributed by atoms with E-state index in [9.17, 15) is 18.4 Å². The van der Waals surface area contributed by atoms with E-state index in [1.165, 1.54) is 0 Å². The molecule has 0 aromatic heterocycles. The Labute approximate surface area is 108 Å². The minimum Gasteiger partial charge on any atom is -0.481 e. The number of rotatable bonds is 6. The van der Waals surface area contributed by atoms with Gasteiger partial charge < -0.3 is 15.2 Å². The molecule has 19 heavy (non-hydrogen) atoms. The second-order valence-electron chi connectivity index (χ2n) is 3.84. The van der Waals surface area contributed by atoms with Crippen molar-refractivity contribution >= 4 is 12.1 Å². The molecule has 0 unspecified atom stereocenters. The first kappa shape index (κ1) is 14.9. The van der Waals surface area contributed by atoms with Crippen molar-refractivity contribution in [1.29, 1.82) is 0 Å². The maximum atomic E-state index is 12.9. The average molecular weight is 273 g/mol. The van der Waals surface area contributed by atoms with E-state index in [4.69, 9.17) is 9.84 Å². The number of alkyl carbamates (subject to hydrolysis) is 1. The van der Waals surface area contributed by atoms with Gasteiger partial charge in [-0.3, -0.25) is 4.79 Å². The van der Waals surface area contributed by atoms with E-state index in [0.29, 0.717) is 0 Å². The van der Waals surface area contributed by atoms with Crippen molar-refractivity contribution in [2.45, 2.75) is 19.0 Å². The molecular formula is C12H13F2NO4. The van der Waals surface area contributed by atoms with Crippen molar-refractivity contribution in [2.24, 2.45) is 0 Å². The number of carbonyl (C=O) groups is 2. The number of ether oxygens (including phenoxy) is 1. The zero-order valence-electron chi connectivity index (χ0n) is 9.94. The summed E-state index contributed by atoms with van der Waals surface area (Å²) in [6.45, 7) is -1.12. The molecule has 7 heteroatoms. The first-order valence-electron chi connectivity index (χ1n) is 5.43. The molecule has 104 valence electrons. The molecule has 1 aromatic carbocycles. The highest BCUT2D eigenvalue weighted by molar-refractivity contribution is 5.69. The third kappa shape index (κ3) is 6.35. The summed E-state index contributed by atoms with van der Waals surface area (Å²) < 4.78 is 30.6. The quantitative estimate of drug-likeness (QED) is 0.831. The third-order valence-electron chi connectivity index (χ3n) is 2.11. The summed E-state index contributed by atoms with van der Waals surface area (Å²) in [4.78, 5) is 21.3. The summed E-state index contributed by atoms with van der Waals surface area (Å²) in [5.74, 6) is -5.14. The first-order valence-corrected chi connectivity index (χ1v) is 5.43. The molecule has 1 amide bonds. The van der Waals surface area contributed by atoms with Gasteiger partial charge in [0.2, 0.25) is 0 Å². The maximum Gasteiger partial charge on any atom is 0.407 e. The zero-order chi connectivity index (χ0) is 14.3. The molecule has 1 aromatic rings. The number of carboxylic acid groups (broad SMARTS) is 1. The first-order chi connectivity index (χ1) is 8.89. The van der Waals surface area contributed by atoms with Gasteiger partial charge >= 0.3 is 12.1 Å². The van der Waals surface area contributed by atoms with E-state index in [0.717, 1.165) is 5.56 Å². The van der Waals surface area contributed by atoms with Crippen molar-refractivity contribution in [2.75, 3.05) is 6.54 Å². The number of nitrogens with one attached hydrogen (secondary N) is 1. The van der Waals surface area contributed by atoms with E-state index < -0.39 is 31.0 Å². The highest BCUT2D eigenvalue weighted by atomic mass is 19.3. The summed E-state index contributed by atoms with van der Waals surface area (Å²) >= 11 is 0. The lowest BCUT2D eigenvalue weighted by Gasteiger charge is -2.14. The van der Waals surface area contributed by atoms with Crippen molar-refractivity contribution in [3.05, 3.63) is 35.9 Å². The number of aliphatic carboxylic acids is 1. The molecule has 2 N–H and O–H groups in total. The molecule has 0 aliphatic heterocycles.